The minimum atomic E-state index is -4.01. The number of aromatic nitrogens is 3. The molecule has 0 radical (unpaired) electrons. The van der Waals surface area contributed by atoms with Crippen molar-refractivity contribution < 1.29 is 21.9 Å². The lowest BCUT2D eigenvalue weighted by Crippen LogP contribution is -2.39. The van der Waals surface area contributed by atoms with Crippen LogP contribution in [0.3, 0.4) is 0 Å². The van der Waals surface area contributed by atoms with Gasteiger partial charge in [0.1, 0.15) is 0 Å². The van der Waals surface area contributed by atoms with E-state index in [1.807, 2.05) is 30.7 Å². The lowest BCUT2D eigenvalue weighted by molar-refractivity contribution is -0.870. The zero-order valence-corrected chi connectivity index (χ0v) is 26.6. The Bertz CT molecular complexity index is 1450. The van der Waals surface area contributed by atoms with E-state index >= 15 is 0 Å². The zero-order valence-electron chi connectivity index (χ0n) is 24.8. The van der Waals surface area contributed by atoms with E-state index in [2.05, 4.69) is 82.1 Å². The molecule has 0 unspecified atom stereocenters. The van der Waals surface area contributed by atoms with Crippen molar-refractivity contribution in [2.75, 3.05) is 33.4 Å². The second-order valence-corrected chi connectivity index (χ2v) is 19.3. The lowest BCUT2D eigenvalue weighted by atomic mass is 10.1. The Kier molecular flexibility index (Phi) is 9.47. The molecule has 3 rings (SSSR count). The molecule has 10 heteroatoms. The average Bonchev–Trinajstić information content (AvgIpc) is 3.51. The molecule has 39 heavy (non-hydrogen) atoms. The number of aryl methyl sites for hydroxylation is 2. The minimum absolute atomic E-state index is 0.0719. The van der Waals surface area contributed by atoms with Gasteiger partial charge < -0.3 is 23.9 Å². The maximum atomic E-state index is 11.3. The Labute approximate surface area is 234 Å². The first-order valence-electron chi connectivity index (χ1n) is 13.6. The maximum absolute atomic E-state index is 11.3. The molecule has 0 spiro atoms. The van der Waals surface area contributed by atoms with Gasteiger partial charge >= 0.3 is 0 Å². The number of hydrogen-bond acceptors (Lipinski definition) is 3. The molecular formula is C29H47N4O4SSi+. The van der Waals surface area contributed by atoms with Crippen molar-refractivity contribution in [3.05, 3.63) is 58.0 Å². The van der Waals surface area contributed by atoms with E-state index in [9.17, 15) is 13.0 Å². The average molecular weight is 576 g/mol. The van der Waals surface area contributed by atoms with E-state index < -0.39 is 18.4 Å². The molecule has 216 valence electrons. The normalized spacial score (nSPS) is 14.4. The van der Waals surface area contributed by atoms with E-state index in [0.717, 1.165) is 57.2 Å². The van der Waals surface area contributed by atoms with Crippen LogP contribution in [0.1, 0.15) is 50.4 Å². The number of H-pyrrole nitrogens is 3. The van der Waals surface area contributed by atoms with Crippen molar-refractivity contribution >= 4 is 30.8 Å². The van der Waals surface area contributed by atoms with Gasteiger partial charge in [-0.3, -0.25) is 4.55 Å². The summed E-state index contributed by atoms with van der Waals surface area (Å²) in [6, 6.07) is 8.27. The van der Waals surface area contributed by atoms with Crippen molar-refractivity contribution in [1.29, 1.82) is 0 Å². The third-order valence-electron chi connectivity index (χ3n) is 7.48. The predicted octanol–water partition coefficient (Wildman–Crippen LogP) is 4.39. The Morgan fingerprint density at radius 1 is 1.03 bits per heavy atom. The largest absolute Gasteiger partial charge is 0.547 e. The van der Waals surface area contributed by atoms with Gasteiger partial charge in [-0.05, 0) is 78.9 Å². The summed E-state index contributed by atoms with van der Waals surface area (Å²) in [5.74, 6) is -0.271. The number of nitrogens with one attached hydrogen (secondary N) is 3. The van der Waals surface area contributed by atoms with Gasteiger partial charge in [0.2, 0.25) is 8.32 Å². The van der Waals surface area contributed by atoms with E-state index in [0.29, 0.717) is 12.8 Å². The fourth-order valence-electron chi connectivity index (χ4n) is 4.15. The molecule has 0 aliphatic carbocycles. The summed E-state index contributed by atoms with van der Waals surface area (Å²) < 4.78 is 39.2. The minimum Gasteiger partial charge on any atom is -0.547 e. The van der Waals surface area contributed by atoms with E-state index in [-0.39, 0.29) is 10.8 Å². The number of aromatic amines is 3. The lowest BCUT2D eigenvalue weighted by Gasteiger charge is -2.34. The highest BCUT2D eigenvalue weighted by Gasteiger charge is 2.38. The Morgan fingerprint density at radius 3 is 2.31 bits per heavy atom. The van der Waals surface area contributed by atoms with Crippen LogP contribution >= 0.6 is 0 Å². The van der Waals surface area contributed by atoms with Crippen LogP contribution in [0, 0.1) is 0 Å². The fraction of sp³-hybridized carbons (Fsp3) is 0.517. The summed E-state index contributed by atoms with van der Waals surface area (Å²) in [7, 11) is 0.603. The monoisotopic (exact) mass is 575 g/mol. The topological polar surface area (TPSA) is 111 Å². The molecule has 0 amide bonds. The number of nitrogens with zero attached hydrogens (tertiary/aromatic N) is 1. The van der Waals surface area contributed by atoms with Crippen molar-refractivity contribution in [3.63, 3.8) is 0 Å². The van der Waals surface area contributed by atoms with Crippen molar-refractivity contribution in [1.82, 2.24) is 15.0 Å². The highest BCUT2D eigenvalue weighted by molar-refractivity contribution is 7.85. The molecule has 0 saturated carbocycles. The quantitative estimate of drug-likeness (QED) is 0.146. The van der Waals surface area contributed by atoms with Crippen LogP contribution in [0.2, 0.25) is 18.1 Å². The highest BCUT2D eigenvalue weighted by atomic mass is 32.2. The second kappa shape index (κ2) is 11.9. The Balaban J connectivity index is 2.04. The van der Waals surface area contributed by atoms with Crippen LogP contribution in [0.25, 0.3) is 23.7 Å². The maximum Gasteiger partial charge on any atom is 0.264 e. The van der Waals surface area contributed by atoms with Crippen LogP contribution < -0.4 is 10.7 Å². The number of quaternary nitrogens is 1. The predicted molar refractivity (Wildman–Crippen MR) is 163 cm³/mol. The first-order valence-corrected chi connectivity index (χ1v) is 18.1. The highest BCUT2D eigenvalue weighted by Crippen LogP contribution is 2.36. The molecular weight excluding hydrogens is 528 g/mol. The summed E-state index contributed by atoms with van der Waals surface area (Å²) in [6.45, 7) is 12.1. The summed E-state index contributed by atoms with van der Waals surface area (Å²) in [5, 5.41) is 1.82. The van der Waals surface area contributed by atoms with Crippen LogP contribution in [0.5, 0.6) is 0 Å². The third kappa shape index (κ3) is 9.27. The molecule has 3 heterocycles. The first kappa shape index (κ1) is 31.0. The molecule has 0 aromatic carbocycles. The Hall–Kier alpha value is -2.53. The van der Waals surface area contributed by atoms with Crippen molar-refractivity contribution in [2.45, 2.75) is 64.6 Å². The van der Waals surface area contributed by atoms with Gasteiger partial charge in [0.15, 0.2) is 0 Å². The first-order chi connectivity index (χ1) is 17.9. The van der Waals surface area contributed by atoms with Gasteiger partial charge in [-0.2, -0.15) is 8.42 Å². The standard InChI is InChI=1S/C29H46N4O4SSi/c1-29(2,3)39(7,8)37-21-24-18-22(13-11-17-38(34,35)36)26(31-24)20-27-23(12-10-16-33(4,5)6)19-28(32-27)25-14-9-15-30-25/h9,14-15,18-21,30-32H,10-13,16-17H2,1-8H3/p+1. The molecule has 0 aliphatic heterocycles. The molecule has 0 atom stereocenters. The molecule has 4 N–H and O–H groups in total. The second-order valence-electron chi connectivity index (χ2n) is 13.0. The SMILES string of the molecule is CC(C)(C)[Si](C)(C)OC=c1cc(CCCS(=O)(=O)O)c(=Cc2[nH]c(-c3ccc[nH]3)cc2CCC[N+](C)(C)C)[nH]1. The van der Waals surface area contributed by atoms with E-state index in [4.69, 9.17) is 4.43 Å². The molecule has 3 aromatic rings. The fourth-order valence-corrected chi connectivity index (χ4v) is 5.43. The summed E-state index contributed by atoms with van der Waals surface area (Å²) in [6.07, 6.45) is 8.66. The van der Waals surface area contributed by atoms with E-state index in [1.165, 1.54) is 5.56 Å². The summed E-state index contributed by atoms with van der Waals surface area (Å²) >= 11 is 0. The van der Waals surface area contributed by atoms with Gasteiger partial charge in [-0.15, -0.1) is 0 Å². The van der Waals surface area contributed by atoms with E-state index in [1.54, 1.807) is 0 Å². The zero-order chi connectivity index (χ0) is 29.1. The molecule has 3 aromatic heterocycles. The van der Waals surface area contributed by atoms with Crippen molar-refractivity contribution in [3.8, 4) is 11.4 Å². The number of rotatable bonds is 12. The Morgan fingerprint density at radius 2 is 1.72 bits per heavy atom. The molecule has 0 fully saturated rings. The summed E-state index contributed by atoms with van der Waals surface area (Å²) in [5.41, 5.74) is 5.29. The van der Waals surface area contributed by atoms with Crippen molar-refractivity contribution in [2.24, 2.45) is 0 Å². The van der Waals surface area contributed by atoms with Gasteiger partial charge in [0, 0.05) is 23.7 Å². The third-order valence-corrected chi connectivity index (χ3v) is 12.6. The molecule has 0 aliphatic rings. The molecule has 0 bridgehead atoms. The van der Waals surface area contributed by atoms with Gasteiger partial charge in [-0.25, -0.2) is 0 Å². The summed E-state index contributed by atoms with van der Waals surface area (Å²) in [4.78, 5) is 10.4. The van der Waals surface area contributed by atoms with Gasteiger partial charge in [-0.1, -0.05) is 20.8 Å². The van der Waals surface area contributed by atoms with Crippen LogP contribution in [0.15, 0.2) is 30.5 Å². The van der Waals surface area contributed by atoms with Gasteiger partial charge in [0.25, 0.3) is 10.1 Å². The smallest absolute Gasteiger partial charge is 0.264 e. The molecule has 8 nitrogen and oxygen atoms in total. The molecule has 0 saturated heterocycles. The van der Waals surface area contributed by atoms with Crippen LogP contribution in [-0.4, -0.2) is 74.2 Å². The van der Waals surface area contributed by atoms with Gasteiger partial charge in [0.05, 0.1) is 56.4 Å². The number of hydrogen-bond donors (Lipinski definition) is 4. The van der Waals surface area contributed by atoms with Crippen LogP contribution in [-0.2, 0) is 27.4 Å². The van der Waals surface area contributed by atoms with Crippen LogP contribution in [0.4, 0.5) is 0 Å².